The number of hydrogen-bond acceptors (Lipinski definition) is 3. The third-order valence-corrected chi connectivity index (χ3v) is 4.86. The molecule has 1 amide bonds. The summed E-state index contributed by atoms with van der Waals surface area (Å²) in [6, 6.07) is 11.3. The van der Waals surface area contributed by atoms with Crippen molar-refractivity contribution >= 4 is 22.9 Å². The van der Waals surface area contributed by atoms with Crippen LogP contribution in [0.5, 0.6) is 0 Å². The maximum Gasteiger partial charge on any atom is 0.330 e. The second kappa shape index (κ2) is 7.11. The molecule has 0 radical (unpaired) electrons. The van der Waals surface area contributed by atoms with Gasteiger partial charge in [-0.25, -0.2) is 9.59 Å². The van der Waals surface area contributed by atoms with Crippen molar-refractivity contribution in [3.63, 3.8) is 0 Å². The molecule has 27 heavy (non-hydrogen) atoms. The molecule has 0 aliphatic heterocycles. The summed E-state index contributed by atoms with van der Waals surface area (Å²) in [5.41, 5.74) is 3.29. The van der Waals surface area contributed by atoms with E-state index in [1.807, 2.05) is 26.0 Å². The predicted octanol–water partition coefficient (Wildman–Crippen LogP) is 1.90. The van der Waals surface area contributed by atoms with Crippen molar-refractivity contribution in [3.05, 3.63) is 69.6 Å². The van der Waals surface area contributed by atoms with Crippen molar-refractivity contribution in [1.29, 1.82) is 0 Å². The number of benzene rings is 2. The van der Waals surface area contributed by atoms with E-state index in [1.54, 1.807) is 37.4 Å². The lowest BCUT2D eigenvalue weighted by atomic mass is 9.97. The number of carbonyl (C=O) groups is 2. The van der Waals surface area contributed by atoms with Crippen LogP contribution in [0.3, 0.4) is 0 Å². The molecule has 0 aliphatic carbocycles. The molecule has 0 saturated heterocycles. The number of aromatic nitrogens is 2. The average Bonchev–Trinajstić information content (AvgIpc) is 2.87. The number of carboxylic acids is 1. The summed E-state index contributed by atoms with van der Waals surface area (Å²) in [6.45, 7) is 3.45. The molecule has 2 aromatic carbocycles. The molecule has 2 N–H and O–H groups in total. The van der Waals surface area contributed by atoms with E-state index in [-0.39, 0.29) is 12.2 Å². The lowest BCUT2D eigenvalue weighted by Crippen LogP contribution is -2.38. The summed E-state index contributed by atoms with van der Waals surface area (Å²) in [6.07, 6.45) is 0. The molecule has 140 valence electrons. The van der Waals surface area contributed by atoms with Gasteiger partial charge in [0.2, 0.25) is 5.91 Å². The van der Waals surface area contributed by atoms with E-state index < -0.39 is 17.9 Å². The Labute approximate surface area is 155 Å². The normalized spacial score (nSPS) is 12.1. The topological polar surface area (TPSA) is 93.3 Å². The Balaban J connectivity index is 1.91. The molecule has 0 spiro atoms. The number of nitrogens with one attached hydrogen (secondary N) is 1. The van der Waals surface area contributed by atoms with E-state index in [9.17, 15) is 19.5 Å². The minimum atomic E-state index is -1.18. The maximum atomic E-state index is 12.6. The van der Waals surface area contributed by atoms with Crippen molar-refractivity contribution in [3.8, 4) is 0 Å². The van der Waals surface area contributed by atoms with Crippen molar-refractivity contribution in [2.24, 2.45) is 7.05 Å². The summed E-state index contributed by atoms with van der Waals surface area (Å²) >= 11 is 0. The molecule has 7 nitrogen and oxygen atoms in total. The lowest BCUT2D eigenvalue weighted by molar-refractivity contribution is -0.142. The van der Waals surface area contributed by atoms with Crippen molar-refractivity contribution in [2.45, 2.75) is 26.4 Å². The van der Waals surface area contributed by atoms with Crippen LogP contribution in [-0.2, 0) is 23.2 Å². The van der Waals surface area contributed by atoms with Crippen LogP contribution < -0.4 is 11.0 Å². The number of carboxylic acid groups (broad SMARTS) is 1. The van der Waals surface area contributed by atoms with Gasteiger partial charge in [0.25, 0.3) is 0 Å². The third-order valence-electron chi connectivity index (χ3n) is 4.86. The summed E-state index contributed by atoms with van der Waals surface area (Å²) in [7, 11) is 1.63. The Kier molecular flexibility index (Phi) is 4.85. The SMILES string of the molecule is Cc1cccc(C(NC(=O)Cn2c(=O)n(C)c3ccccc32)C(=O)O)c1C. The van der Waals surface area contributed by atoms with Gasteiger partial charge in [-0.1, -0.05) is 30.3 Å². The fourth-order valence-electron chi connectivity index (χ4n) is 3.23. The molecule has 0 aliphatic rings. The first-order chi connectivity index (χ1) is 12.8. The Morgan fingerprint density at radius 1 is 1.07 bits per heavy atom. The first kappa shape index (κ1) is 18.4. The van der Waals surface area contributed by atoms with E-state index in [4.69, 9.17) is 0 Å². The van der Waals surface area contributed by atoms with Crippen LogP contribution in [0.1, 0.15) is 22.7 Å². The molecule has 1 heterocycles. The highest BCUT2D eigenvalue weighted by Crippen LogP contribution is 2.21. The summed E-state index contributed by atoms with van der Waals surface area (Å²) in [5.74, 6) is -1.69. The smallest absolute Gasteiger partial charge is 0.330 e. The molecule has 0 saturated carbocycles. The highest BCUT2D eigenvalue weighted by atomic mass is 16.4. The predicted molar refractivity (Wildman–Crippen MR) is 102 cm³/mol. The molecule has 1 atom stereocenters. The minimum absolute atomic E-state index is 0.255. The fourth-order valence-corrected chi connectivity index (χ4v) is 3.23. The van der Waals surface area contributed by atoms with Crippen LogP contribution >= 0.6 is 0 Å². The Hall–Kier alpha value is -3.35. The Bertz CT molecular complexity index is 1090. The molecule has 3 rings (SSSR count). The number of hydrogen-bond donors (Lipinski definition) is 2. The van der Waals surface area contributed by atoms with E-state index >= 15 is 0 Å². The standard InChI is InChI=1S/C20H21N3O4/c1-12-7-6-8-14(13(12)2)18(19(25)26)21-17(24)11-23-16-10-5-4-9-15(16)22(3)20(23)27/h4-10,18H,11H2,1-3H3,(H,21,24)(H,25,26). The van der Waals surface area contributed by atoms with Gasteiger partial charge in [-0.05, 0) is 42.7 Å². The van der Waals surface area contributed by atoms with Gasteiger partial charge in [0.1, 0.15) is 6.54 Å². The van der Waals surface area contributed by atoms with Gasteiger partial charge in [-0.2, -0.15) is 0 Å². The third kappa shape index (κ3) is 3.36. The van der Waals surface area contributed by atoms with Crippen LogP contribution in [0, 0.1) is 13.8 Å². The quantitative estimate of drug-likeness (QED) is 0.720. The first-order valence-electron chi connectivity index (χ1n) is 8.53. The molecular weight excluding hydrogens is 346 g/mol. The Morgan fingerprint density at radius 3 is 2.41 bits per heavy atom. The molecule has 0 fully saturated rings. The largest absolute Gasteiger partial charge is 0.479 e. The van der Waals surface area contributed by atoms with E-state index in [0.29, 0.717) is 16.6 Å². The highest BCUT2D eigenvalue weighted by molar-refractivity contribution is 5.86. The van der Waals surface area contributed by atoms with Crippen LogP contribution in [0.4, 0.5) is 0 Å². The van der Waals surface area contributed by atoms with Crippen LogP contribution in [0.2, 0.25) is 0 Å². The van der Waals surface area contributed by atoms with Crippen LogP contribution in [0.25, 0.3) is 11.0 Å². The van der Waals surface area contributed by atoms with Gasteiger partial charge in [-0.15, -0.1) is 0 Å². The number of imidazole rings is 1. The molecule has 0 bridgehead atoms. The number of carbonyl (C=O) groups excluding carboxylic acids is 1. The zero-order valence-corrected chi connectivity index (χ0v) is 15.4. The number of aliphatic carboxylic acids is 1. The molecular formula is C20H21N3O4. The van der Waals surface area contributed by atoms with Gasteiger partial charge in [0.05, 0.1) is 11.0 Å². The zero-order valence-electron chi connectivity index (χ0n) is 15.4. The van der Waals surface area contributed by atoms with E-state index in [0.717, 1.165) is 11.1 Å². The van der Waals surface area contributed by atoms with Gasteiger partial charge in [-0.3, -0.25) is 13.9 Å². The molecule has 7 heteroatoms. The van der Waals surface area contributed by atoms with Crippen molar-refractivity contribution in [1.82, 2.24) is 14.5 Å². The van der Waals surface area contributed by atoms with Crippen molar-refractivity contribution < 1.29 is 14.7 Å². The lowest BCUT2D eigenvalue weighted by Gasteiger charge is -2.18. The maximum absolute atomic E-state index is 12.6. The number of aryl methyl sites for hydroxylation is 2. The highest BCUT2D eigenvalue weighted by Gasteiger charge is 2.25. The Morgan fingerprint density at radius 2 is 1.74 bits per heavy atom. The number of amides is 1. The van der Waals surface area contributed by atoms with Gasteiger partial charge < -0.3 is 10.4 Å². The average molecular weight is 367 g/mol. The fraction of sp³-hybridized carbons (Fsp3) is 0.250. The second-order valence-corrected chi connectivity index (χ2v) is 6.54. The van der Waals surface area contributed by atoms with Gasteiger partial charge >= 0.3 is 11.7 Å². The zero-order chi connectivity index (χ0) is 19.7. The monoisotopic (exact) mass is 367 g/mol. The van der Waals surface area contributed by atoms with Gasteiger partial charge in [0, 0.05) is 7.05 Å². The second-order valence-electron chi connectivity index (χ2n) is 6.54. The molecule has 1 unspecified atom stereocenters. The number of rotatable bonds is 5. The molecule has 1 aromatic heterocycles. The number of para-hydroxylation sites is 2. The minimum Gasteiger partial charge on any atom is -0.479 e. The van der Waals surface area contributed by atoms with Crippen LogP contribution in [0.15, 0.2) is 47.3 Å². The number of fused-ring (bicyclic) bond motifs is 1. The summed E-state index contributed by atoms with van der Waals surface area (Å²) < 4.78 is 2.80. The first-order valence-corrected chi connectivity index (χ1v) is 8.53. The van der Waals surface area contributed by atoms with Crippen molar-refractivity contribution in [2.75, 3.05) is 0 Å². The van der Waals surface area contributed by atoms with Crippen LogP contribution in [-0.4, -0.2) is 26.1 Å². The summed E-state index contributed by atoms with van der Waals surface area (Å²) in [5, 5.41) is 12.1. The number of nitrogens with zero attached hydrogens (tertiary/aromatic N) is 2. The van der Waals surface area contributed by atoms with E-state index in [2.05, 4.69) is 5.32 Å². The summed E-state index contributed by atoms with van der Waals surface area (Å²) in [4.78, 5) is 36.7. The van der Waals surface area contributed by atoms with Gasteiger partial charge in [0.15, 0.2) is 6.04 Å². The van der Waals surface area contributed by atoms with E-state index in [1.165, 1.54) is 9.13 Å². The molecule has 3 aromatic rings.